The standard InChI is InChI=1S/C14H20FNO2.ClH/c15-12-1-3-13(4-2-12)18-9-11-5-7-14(17,10-16)8-6-11;/h1-4,11,17H,5-10,16H2;1H/t11-,14-;. The van der Waals surface area contributed by atoms with E-state index in [1.165, 1.54) is 12.1 Å². The molecule has 2 rings (SSSR count). The van der Waals surface area contributed by atoms with Gasteiger partial charge in [-0.05, 0) is 55.9 Å². The molecule has 1 aromatic carbocycles. The van der Waals surface area contributed by atoms with Gasteiger partial charge in [-0.1, -0.05) is 0 Å². The summed E-state index contributed by atoms with van der Waals surface area (Å²) in [4.78, 5) is 0. The number of ether oxygens (including phenoxy) is 1. The topological polar surface area (TPSA) is 55.5 Å². The summed E-state index contributed by atoms with van der Waals surface area (Å²) in [6.07, 6.45) is 3.33. The van der Waals surface area contributed by atoms with Gasteiger partial charge < -0.3 is 15.6 Å². The zero-order valence-corrected chi connectivity index (χ0v) is 11.7. The highest BCUT2D eigenvalue weighted by atomic mass is 35.5. The van der Waals surface area contributed by atoms with Crippen molar-refractivity contribution in [2.45, 2.75) is 31.3 Å². The van der Waals surface area contributed by atoms with Crippen molar-refractivity contribution in [1.29, 1.82) is 0 Å². The molecule has 3 N–H and O–H groups in total. The number of aliphatic hydroxyl groups is 1. The Bertz CT molecular complexity index is 378. The fourth-order valence-corrected chi connectivity index (χ4v) is 2.33. The number of hydrogen-bond donors (Lipinski definition) is 2. The maximum absolute atomic E-state index is 12.7. The summed E-state index contributed by atoms with van der Waals surface area (Å²) >= 11 is 0. The lowest BCUT2D eigenvalue weighted by atomic mass is 9.79. The van der Waals surface area contributed by atoms with Crippen LogP contribution in [0.4, 0.5) is 4.39 Å². The average Bonchev–Trinajstić information content (AvgIpc) is 2.40. The van der Waals surface area contributed by atoms with Crippen LogP contribution in [0.2, 0.25) is 0 Å². The van der Waals surface area contributed by atoms with Crippen LogP contribution in [0.15, 0.2) is 24.3 Å². The molecule has 19 heavy (non-hydrogen) atoms. The van der Waals surface area contributed by atoms with E-state index in [1.807, 2.05) is 0 Å². The van der Waals surface area contributed by atoms with E-state index < -0.39 is 5.60 Å². The fraction of sp³-hybridized carbons (Fsp3) is 0.571. The van der Waals surface area contributed by atoms with E-state index in [0.29, 0.717) is 24.8 Å². The lowest BCUT2D eigenvalue weighted by molar-refractivity contribution is -0.00694. The number of rotatable bonds is 4. The fourth-order valence-electron chi connectivity index (χ4n) is 2.33. The van der Waals surface area contributed by atoms with Crippen molar-refractivity contribution in [2.75, 3.05) is 13.2 Å². The molecule has 0 aliphatic heterocycles. The lowest BCUT2D eigenvalue weighted by Crippen LogP contribution is -2.41. The summed E-state index contributed by atoms with van der Waals surface area (Å²) in [5.41, 5.74) is 4.87. The summed E-state index contributed by atoms with van der Waals surface area (Å²) in [6, 6.07) is 6.05. The smallest absolute Gasteiger partial charge is 0.123 e. The van der Waals surface area contributed by atoms with E-state index in [9.17, 15) is 9.50 Å². The highest BCUT2D eigenvalue weighted by Crippen LogP contribution is 2.31. The third kappa shape index (κ3) is 4.64. The van der Waals surface area contributed by atoms with Crippen LogP contribution in [0.5, 0.6) is 5.75 Å². The van der Waals surface area contributed by atoms with Crippen LogP contribution in [0.25, 0.3) is 0 Å². The minimum atomic E-state index is -0.674. The molecule has 0 amide bonds. The molecule has 3 nitrogen and oxygen atoms in total. The molecule has 1 aliphatic rings. The van der Waals surface area contributed by atoms with Crippen LogP contribution in [0.3, 0.4) is 0 Å². The largest absolute Gasteiger partial charge is 0.493 e. The monoisotopic (exact) mass is 289 g/mol. The SMILES string of the molecule is Cl.NC[C@]1(O)CC[C@H](COc2ccc(F)cc2)CC1. The van der Waals surface area contributed by atoms with Gasteiger partial charge in [0.1, 0.15) is 11.6 Å². The molecule has 1 saturated carbocycles. The average molecular weight is 290 g/mol. The maximum atomic E-state index is 12.7. The number of hydrogen-bond acceptors (Lipinski definition) is 3. The summed E-state index contributed by atoms with van der Waals surface area (Å²) < 4.78 is 18.3. The second kappa shape index (κ2) is 7.08. The molecule has 5 heteroatoms. The predicted molar refractivity (Wildman–Crippen MR) is 75.1 cm³/mol. The molecule has 1 aromatic rings. The first-order valence-electron chi connectivity index (χ1n) is 6.42. The van der Waals surface area contributed by atoms with Crippen molar-refractivity contribution in [3.8, 4) is 5.75 Å². The third-order valence-electron chi connectivity index (χ3n) is 3.72. The Morgan fingerprint density at radius 1 is 1.26 bits per heavy atom. The van der Waals surface area contributed by atoms with Gasteiger partial charge in [-0.15, -0.1) is 12.4 Å². The highest BCUT2D eigenvalue weighted by Gasteiger charge is 2.31. The Morgan fingerprint density at radius 3 is 2.37 bits per heavy atom. The maximum Gasteiger partial charge on any atom is 0.123 e. The number of nitrogens with two attached hydrogens (primary N) is 1. The van der Waals surface area contributed by atoms with Crippen LogP contribution in [-0.2, 0) is 0 Å². The summed E-state index contributed by atoms with van der Waals surface area (Å²) in [6.45, 7) is 0.949. The molecule has 108 valence electrons. The van der Waals surface area contributed by atoms with Gasteiger partial charge in [0.05, 0.1) is 12.2 Å². The quantitative estimate of drug-likeness (QED) is 0.895. The van der Waals surface area contributed by atoms with Crippen molar-refractivity contribution in [1.82, 2.24) is 0 Å². The van der Waals surface area contributed by atoms with Gasteiger partial charge in [0, 0.05) is 6.54 Å². The molecule has 0 radical (unpaired) electrons. The second-order valence-electron chi connectivity index (χ2n) is 5.14. The van der Waals surface area contributed by atoms with Crippen LogP contribution in [0, 0.1) is 11.7 Å². The van der Waals surface area contributed by atoms with E-state index in [0.717, 1.165) is 25.7 Å². The summed E-state index contributed by atoms with van der Waals surface area (Å²) in [5, 5.41) is 10.0. The normalized spacial score (nSPS) is 26.6. The van der Waals surface area contributed by atoms with Gasteiger partial charge in [0.2, 0.25) is 0 Å². The minimum Gasteiger partial charge on any atom is -0.493 e. The summed E-state index contributed by atoms with van der Waals surface area (Å²) in [5.74, 6) is 0.881. The first-order chi connectivity index (χ1) is 8.61. The Kier molecular flexibility index (Phi) is 6.04. The zero-order chi connectivity index (χ0) is 13.0. The molecular weight excluding hydrogens is 269 g/mol. The second-order valence-corrected chi connectivity index (χ2v) is 5.14. The van der Waals surface area contributed by atoms with Crippen molar-refractivity contribution in [3.05, 3.63) is 30.1 Å². The van der Waals surface area contributed by atoms with Gasteiger partial charge in [-0.3, -0.25) is 0 Å². The van der Waals surface area contributed by atoms with E-state index in [-0.39, 0.29) is 18.2 Å². The molecule has 1 aliphatic carbocycles. The summed E-state index contributed by atoms with van der Waals surface area (Å²) in [7, 11) is 0. The first kappa shape index (κ1) is 16.2. The molecule has 1 fully saturated rings. The van der Waals surface area contributed by atoms with Gasteiger partial charge in [0.25, 0.3) is 0 Å². The molecule has 0 unspecified atom stereocenters. The number of benzene rings is 1. The number of halogens is 2. The van der Waals surface area contributed by atoms with Crippen molar-refractivity contribution >= 4 is 12.4 Å². The molecule has 0 saturated heterocycles. The van der Waals surface area contributed by atoms with Gasteiger partial charge in [-0.2, -0.15) is 0 Å². The minimum absolute atomic E-state index is 0. The zero-order valence-electron chi connectivity index (χ0n) is 10.8. The third-order valence-corrected chi connectivity index (χ3v) is 3.72. The Balaban J connectivity index is 0.00000180. The van der Waals surface area contributed by atoms with E-state index in [2.05, 4.69) is 0 Å². The van der Waals surface area contributed by atoms with Gasteiger partial charge in [0.15, 0.2) is 0 Å². The van der Waals surface area contributed by atoms with Crippen LogP contribution in [0.1, 0.15) is 25.7 Å². The van der Waals surface area contributed by atoms with Crippen molar-refractivity contribution < 1.29 is 14.2 Å². The first-order valence-corrected chi connectivity index (χ1v) is 6.42. The van der Waals surface area contributed by atoms with Crippen molar-refractivity contribution in [3.63, 3.8) is 0 Å². The highest BCUT2D eigenvalue weighted by molar-refractivity contribution is 5.85. The van der Waals surface area contributed by atoms with E-state index >= 15 is 0 Å². The molecular formula is C14H21ClFNO2. The molecule has 0 bridgehead atoms. The Labute approximate surface area is 119 Å². The Hall–Kier alpha value is -0.840. The van der Waals surface area contributed by atoms with Gasteiger partial charge >= 0.3 is 0 Å². The molecule has 0 atom stereocenters. The molecule has 0 spiro atoms. The van der Waals surface area contributed by atoms with E-state index in [1.54, 1.807) is 12.1 Å². The lowest BCUT2D eigenvalue weighted by Gasteiger charge is -2.34. The van der Waals surface area contributed by atoms with Crippen LogP contribution >= 0.6 is 12.4 Å². The molecule has 0 aromatic heterocycles. The molecule has 0 heterocycles. The van der Waals surface area contributed by atoms with Crippen LogP contribution in [-0.4, -0.2) is 23.9 Å². The predicted octanol–water partition coefficient (Wildman–Crippen LogP) is 2.51. The Morgan fingerprint density at radius 2 is 1.84 bits per heavy atom. The van der Waals surface area contributed by atoms with Gasteiger partial charge in [-0.25, -0.2) is 4.39 Å². The van der Waals surface area contributed by atoms with Crippen LogP contribution < -0.4 is 10.5 Å². The van der Waals surface area contributed by atoms with E-state index in [4.69, 9.17) is 10.5 Å². The van der Waals surface area contributed by atoms with Crippen molar-refractivity contribution in [2.24, 2.45) is 11.7 Å².